The van der Waals surface area contributed by atoms with Crippen LogP contribution in [0.4, 0.5) is 0 Å². The van der Waals surface area contributed by atoms with Gasteiger partial charge < -0.3 is 9.47 Å². The van der Waals surface area contributed by atoms with Gasteiger partial charge in [-0.15, -0.1) is 16.2 Å². The predicted molar refractivity (Wildman–Crippen MR) is 117 cm³/mol. The number of fused-ring (bicyclic) bond motifs is 1. The van der Waals surface area contributed by atoms with E-state index in [-0.39, 0.29) is 11.1 Å². The minimum Gasteiger partial charge on any atom is -0.465 e. The molecule has 11 heteroatoms. The number of hydrogen-bond donors (Lipinski definition) is 2. The minimum absolute atomic E-state index is 0.0788. The number of hydrogen-bond acceptors (Lipinski definition) is 8. The lowest BCUT2D eigenvalue weighted by atomic mass is 10.00. The molecule has 1 aliphatic rings. The van der Waals surface area contributed by atoms with Crippen LogP contribution in [0.15, 0.2) is 29.2 Å². The van der Waals surface area contributed by atoms with Crippen LogP contribution in [-0.2, 0) is 32.3 Å². The van der Waals surface area contributed by atoms with E-state index in [1.807, 2.05) is 4.83 Å². The summed E-state index contributed by atoms with van der Waals surface area (Å²) in [4.78, 5) is 39.5. The van der Waals surface area contributed by atoms with Crippen LogP contribution in [0.2, 0.25) is 0 Å². The quantitative estimate of drug-likeness (QED) is 0.480. The van der Waals surface area contributed by atoms with Crippen LogP contribution in [0, 0.1) is 0 Å². The molecule has 0 saturated heterocycles. The Morgan fingerprint density at radius 1 is 0.938 bits per heavy atom. The van der Waals surface area contributed by atoms with E-state index in [0.717, 1.165) is 75.3 Å². The summed E-state index contributed by atoms with van der Waals surface area (Å²) in [5, 5.41) is 0. The Bertz CT molecular complexity index is 1110. The van der Waals surface area contributed by atoms with Crippen molar-refractivity contribution >= 4 is 39.2 Å². The molecule has 1 aliphatic carbocycles. The van der Waals surface area contributed by atoms with Crippen LogP contribution < -0.4 is 10.3 Å². The van der Waals surface area contributed by atoms with Crippen molar-refractivity contribution in [2.24, 2.45) is 0 Å². The first-order valence-corrected chi connectivity index (χ1v) is 12.3. The number of benzene rings is 1. The van der Waals surface area contributed by atoms with E-state index in [1.165, 1.54) is 17.4 Å². The summed E-state index contributed by atoms with van der Waals surface area (Å²) in [6.07, 6.45) is 6.24. The fraction of sp³-hybridized carbons (Fsp3) is 0.381. The topological polar surface area (TPSA) is 128 Å². The Morgan fingerprint density at radius 3 is 2.31 bits per heavy atom. The van der Waals surface area contributed by atoms with Crippen molar-refractivity contribution in [3.05, 3.63) is 50.7 Å². The number of carbonyl (C=O) groups excluding carboxylic acids is 3. The number of thiophene rings is 1. The molecule has 172 valence electrons. The van der Waals surface area contributed by atoms with Gasteiger partial charge in [0.15, 0.2) is 0 Å². The van der Waals surface area contributed by atoms with Gasteiger partial charge in [0.05, 0.1) is 35.1 Å². The summed E-state index contributed by atoms with van der Waals surface area (Å²) >= 11 is 1.35. The van der Waals surface area contributed by atoms with Gasteiger partial charge in [-0.2, -0.15) is 0 Å². The third-order valence-corrected chi connectivity index (χ3v) is 7.64. The molecule has 0 atom stereocenters. The van der Waals surface area contributed by atoms with Crippen molar-refractivity contribution in [3.63, 3.8) is 0 Å². The zero-order chi connectivity index (χ0) is 23.3. The summed E-state index contributed by atoms with van der Waals surface area (Å²) in [6.45, 7) is 0. The minimum atomic E-state index is -4.41. The number of carbonyl (C=O) groups is 3. The third-order valence-electron chi connectivity index (χ3n) is 5.12. The van der Waals surface area contributed by atoms with Crippen LogP contribution in [0.5, 0.6) is 0 Å². The average molecular weight is 481 g/mol. The molecule has 0 spiro atoms. The highest BCUT2D eigenvalue weighted by Gasteiger charge is 2.26. The molecule has 2 aromatic rings. The van der Waals surface area contributed by atoms with Crippen LogP contribution in [0.25, 0.3) is 0 Å². The molecule has 9 nitrogen and oxygen atoms in total. The fourth-order valence-corrected chi connectivity index (χ4v) is 5.66. The maximum Gasteiger partial charge on any atom is 0.339 e. The van der Waals surface area contributed by atoms with Gasteiger partial charge in [-0.25, -0.2) is 18.0 Å². The second-order valence-corrected chi connectivity index (χ2v) is 10.0. The van der Waals surface area contributed by atoms with Crippen molar-refractivity contribution in [2.45, 2.75) is 43.4 Å². The summed E-state index contributed by atoms with van der Waals surface area (Å²) in [5.74, 6) is -2.29. The lowest BCUT2D eigenvalue weighted by molar-refractivity contribution is 0.0583. The molecular formula is C21H24N2O7S2. The number of nitrogens with one attached hydrogen (secondary N) is 2. The molecular weight excluding hydrogens is 456 g/mol. The first-order valence-electron chi connectivity index (χ1n) is 10.0. The number of amides is 1. The number of methoxy groups -OCH3 is 2. The maximum atomic E-state index is 12.9. The molecule has 0 bridgehead atoms. The van der Waals surface area contributed by atoms with Gasteiger partial charge in [0.25, 0.3) is 15.9 Å². The normalized spacial score (nSPS) is 13.9. The van der Waals surface area contributed by atoms with Crippen LogP contribution in [0.3, 0.4) is 0 Å². The standard InChI is InChI=1S/C21H24N2O7S2/c1-29-20(25)14-9-10-15(21(26)30-2)18(12-14)32(27,28)23-22-19(24)17-11-13-7-5-3-4-6-8-16(13)31-17/h9-12,23H,3-8H2,1-2H3,(H,22,24). The Kier molecular flexibility index (Phi) is 7.64. The number of aryl methyl sites for hydroxylation is 2. The van der Waals surface area contributed by atoms with Gasteiger partial charge in [0, 0.05) is 4.88 Å². The zero-order valence-electron chi connectivity index (χ0n) is 17.7. The maximum absolute atomic E-state index is 12.9. The molecule has 2 N–H and O–H groups in total. The Labute approximate surface area is 190 Å². The molecule has 3 rings (SSSR count). The molecule has 32 heavy (non-hydrogen) atoms. The van der Waals surface area contributed by atoms with E-state index in [1.54, 1.807) is 6.07 Å². The second-order valence-electron chi connectivity index (χ2n) is 7.23. The number of ether oxygens (including phenoxy) is 2. The summed E-state index contributed by atoms with van der Waals surface area (Å²) in [6, 6.07) is 5.18. The SMILES string of the molecule is COC(=O)c1ccc(C(=O)OC)c(S(=O)(=O)NNC(=O)c2cc3c(s2)CCCCCC3)c1. The highest BCUT2D eigenvalue weighted by atomic mass is 32.2. The average Bonchev–Trinajstić information content (AvgIpc) is 3.17. The molecule has 1 amide bonds. The lowest BCUT2D eigenvalue weighted by Crippen LogP contribution is -2.41. The molecule has 0 saturated carbocycles. The summed E-state index contributed by atoms with van der Waals surface area (Å²) in [7, 11) is -2.16. The molecule has 1 aromatic heterocycles. The number of hydrazine groups is 1. The van der Waals surface area contributed by atoms with Crippen LogP contribution >= 0.6 is 11.3 Å². The predicted octanol–water partition coefficient (Wildman–Crippen LogP) is 2.60. The highest BCUT2D eigenvalue weighted by molar-refractivity contribution is 7.89. The van der Waals surface area contributed by atoms with E-state index < -0.39 is 32.8 Å². The number of rotatable bonds is 6. The Hall–Kier alpha value is -2.76. The molecule has 1 heterocycles. The first kappa shape index (κ1) is 23.9. The van der Waals surface area contributed by atoms with E-state index in [4.69, 9.17) is 0 Å². The first-order chi connectivity index (χ1) is 15.3. The Balaban J connectivity index is 1.83. The van der Waals surface area contributed by atoms with Crippen LogP contribution in [-0.4, -0.2) is 40.5 Å². The zero-order valence-corrected chi connectivity index (χ0v) is 19.4. The Morgan fingerprint density at radius 2 is 1.62 bits per heavy atom. The highest BCUT2D eigenvalue weighted by Crippen LogP contribution is 2.28. The van der Waals surface area contributed by atoms with Gasteiger partial charge in [-0.1, -0.05) is 12.8 Å². The van der Waals surface area contributed by atoms with Gasteiger partial charge in [0.1, 0.15) is 0 Å². The van der Waals surface area contributed by atoms with E-state index in [0.29, 0.717) is 4.88 Å². The molecule has 1 aromatic carbocycles. The molecule has 0 unspecified atom stereocenters. The molecule has 0 fully saturated rings. The largest absolute Gasteiger partial charge is 0.465 e. The smallest absolute Gasteiger partial charge is 0.339 e. The van der Waals surface area contributed by atoms with Gasteiger partial charge in [-0.05, 0) is 55.5 Å². The summed E-state index contributed by atoms with van der Waals surface area (Å²) < 4.78 is 35.0. The number of esters is 2. The van der Waals surface area contributed by atoms with E-state index in [2.05, 4.69) is 14.9 Å². The fourth-order valence-electron chi connectivity index (χ4n) is 3.45. The number of sulfonamides is 1. The van der Waals surface area contributed by atoms with Crippen molar-refractivity contribution < 1.29 is 32.3 Å². The van der Waals surface area contributed by atoms with Crippen LogP contribution in [0.1, 0.15) is 66.5 Å². The van der Waals surface area contributed by atoms with Crippen molar-refractivity contribution in [1.29, 1.82) is 0 Å². The molecule has 0 aliphatic heterocycles. The van der Waals surface area contributed by atoms with E-state index >= 15 is 0 Å². The second kappa shape index (κ2) is 10.2. The van der Waals surface area contributed by atoms with E-state index in [9.17, 15) is 22.8 Å². The lowest BCUT2D eigenvalue weighted by Gasteiger charge is -2.12. The van der Waals surface area contributed by atoms with Crippen molar-refractivity contribution in [3.8, 4) is 0 Å². The third kappa shape index (κ3) is 5.34. The molecule has 0 radical (unpaired) electrons. The van der Waals surface area contributed by atoms with Gasteiger partial charge in [-0.3, -0.25) is 10.2 Å². The van der Waals surface area contributed by atoms with Crippen molar-refractivity contribution in [1.82, 2.24) is 10.3 Å². The van der Waals surface area contributed by atoms with Gasteiger partial charge >= 0.3 is 11.9 Å². The summed E-state index contributed by atoms with van der Waals surface area (Å²) in [5.41, 5.74) is 2.95. The van der Waals surface area contributed by atoms with Gasteiger partial charge in [0.2, 0.25) is 0 Å². The monoisotopic (exact) mass is 480 g/mol. The van der Waals surface area contributed by atoms with Crippen molar-refractivity contribution in [2.75, 3.05) is 14.2 Å².